The molecule has 0 atom stereocenters. The number of nitro groups is 1. The van der Waals surface area contributed by atoms with Crippen LogP contribution in [-0.2, 0) is 17.9 Å². The van der Waals surface area contributed by atoms with Crippen molar-refractivity contribution in [1.82, 2.24) is 15.0 Å². The van der Waals surface area contributed by atoms with E-state index in [0.717, 1.165) is 11.6 Å². The van der Waals surface area contributed by atoms with E-state index in [4.69, 9.17) is 27.8 Å². The predicted molar refractivity (Wildman–Crippen MR) is 110 cm³/mol. The second kappa shape index (κ2) is 9.01. The van der Waals surface area contributed by atoms with Gasteiger partial charge in [-0.05, 0) is 17.7 Å². The summed E-state index contributed by atoms with van der Waals surface area (Å²) in [4.78, 5) is 34.4. The summed E-state index contributed by atoms with van der Waals surface area (Å²) in [6, 6.07) is 11.0. The lowest BCUT2D eigenvalue weighted by atomic mass is 10.1. The maximum absolute atomic E-state index is 12.6. The molecule has 0 fully saturated rings. The van der Waals surface area contributed by atoms with E-state index in [1.807, 2.05) is 12.1 Å². The van der Waals surface area contributed by atoms with Crippen LogP contribution in [0, 0.1) is 10.1 Å². The first-order valence-electron chi connectivity index (χ1n) is 8.52. The fourth-order valence-electron chi connectivity index (χ4n) is 2.53. The van der Waals surface area contributed by atoms with Crippen molar-refractivity contribution in [3.63, 3.8) is 0 Å². The molecular weight excluding hydrogens is 414 g/mol. The molecule has 11 nitrogen and oxygen atoms in total. The fourth-order valence-corrected chi connectivity index (χ4v) is 2.73. The molecular formula is C18H16ClN7O4. The van der Waals surface area contributed by atoms with Crippen LogP contribution < -0.4 is 16.8 Å². The molecule has 5 N–H and O–H groups in total. The molecule has 12 heteroatoms. The number of hydrogen-bond donors (Lipinski definition) is 3. The summed E-state index contributed by atoms with van der Waals surface area (Å²) in [6.45, 7) is -0.0549. The van der Waals surface area contributed by atoms with Crippen molar-refractivity contribution in [2.75, 3.05) is 16.8 Å². The van der Waals surface area contributed by atoms with Gasteiger partial charge in [0, 0.05) is 29.4 Å². The number of hydrogen-bond acceptors (Lipinski definition) is 10. The molecule has 2 aromatic carbocycles. The summed E-state index contributed by atoms with van der Waals surface area (Å²) >= 11 is 6.14. The summed E-state index contributed by atoms with van der Waals surface area (Å²) in [6.07, 6.45) is 0. The minimum absolute atomic E-state index is 0.0359. The smallest absolute Gasteiger partial charge is 0.340 e. The topological polar surface area (TPSA) is 172 Å². The highest BCUT2D eigenvalue weighted by molar-refractivity contribution is 6.31. The largest absolute Gasteiger partial charge is 0.454 e. The van der Waals surface area contributed by atoms with Gasteiger partial charge in [-0.25, -0.2) is 4.79 Å². The molecule has 0 aliphatic rings. The number of esters is 1. The molecule has 154 valence electrons. The molecule has 0 amide bonds. The number of ether oxygens (including phenoxy) is 1. The van der Waals surface area contributed by atoms with Crippen LogP contribution in [0.1, 0.15) is 21.7 Å². The van der Waals surface area contributed by atoms with Crippen LogP contribution in [0.5, 0.6) is 0 Å². The SMILES string of the molecule is Nc1nc(N)nc(COC(=O)c2cc([N+](=O)[O-])ccc2NCc2ccccc2Cl)n1. The monoisotopic (exact) mass is 429 g/mol. The van der Waals surface area contributed by atoms with Crippen molar-refractivity contribution < 1.29 is 14.5 Å². The van der Waals surface area contributed by atoms with Crippen LogP contribution in [0.25, 0.3) is 0 Å². The number of non-ortho nitro benzene ring substituents is 1. The highest BCUT2D eigenvalue weighted by atomic mass is 35.5. The molecule has 0 spiro atoms. The number of carbonyl (C=O) groups is 1. The molecule has 3 rings (SSSR count). The number of rotatable bonds is 7. The quantitative estimate of drug-likeness (QED) is 0.287. The Morgan fingerprint density at radius 2 is 1.83 bits per heavy atom. The number of nitrogens with zero attached hydrogens (tertiary/aromatic N) is 4. The molecule has 0 saturated carbocycles. The van der Waals surface area contributed by atoms with Crippen molar-refractivity contribution in [3.05, 3.63) is 74.6 Å². The van der Waals surface area contributed by atoms with Gasteiger partial charge in [0.05, 0.1) is 10.5 Å². The van der Waals surface area contributed by atoms with Gasteiger partial charge in [0.25, 0.3) is 5.69 Å². The molecule has 0 saturated heterocycles. The molecule has 0 bridgehead atoms. The first-order chi connectivity index (χ1) is 14.3. The Bertz CT molecular complexity index is 1090. The van der Waals surface area contributed by atoms with Crippen molar-refractivity contribution >= 4 is 40.8 Å². The van der Waals surface area contributed by atoms with Gasteiger partial charge in [-0.2, -0.15) is 15.0 Å². The highest BCUT2D eigenvalue weighted by Gasteiger charge is 2.19. The lowest BCUT2D eigenvalue weighted by Gasteiger charge is -2.12. The average Bonchev–Trinajstić information content (AvgIpc) is 2.70. The van der Waals surface area contributed by atoms with E-state index in [9.17, 15) is 14.9 Å². The standard InChI is InChI=1S/C18H16ClN7O4/c19-13-4-2-1-3-10(13)8-22-14-6-5-11(26(28)29)7-12(14)16(27)30-9-15-23-17(20)25-18(21)24-15/h1-7,22H,8-9H2,(H4,20,21,23,24,25). The second-order valence-corrected chi connectivity index (χ2v) is 6.38. The van der Waals surface area contributed by atoms with Crippen LogP contribution in [0.15, 0.2) is 42.5 Å². The van der Waals surface area contributed by atoms with Gasteiger partial charge in [-0.15, -0.1) is 0 Å². The van der Waals surface area contributed by atoms with Gasteiger partial charge < -0.3 is 21.5 Å². The normalized spacial score (nSPS) is 10.4. The van der Waals surface area contributed by atoms with Gasteiger partial charge in [-0.3, -0.25) is 10.1 Å². The minimum Gasteiger partial charge on any atom is -0.454 e. The first kappa shape index (κ1) is 20.7. The second-order valence-electron chi connectivity index (χ2n) is 5.98. The molecule has 0 radical (unpaired) electrons. The van der Waals surface area contributed by atoms with Gasteiger partial charge >= 0.3 is 5.97 Å². The number of nitrogens with one attached hydrogen (secondary N) is 1. The lowest BCUT2D eigenvalue weighted by molar-refractivity contribution is -0.384. The average molecular weight is 430 g/mol. The van der Waals surface area contributed by atoms with Crippen LogP contribution in [-0.4, -0.2) is 25.8 Å². The van der Waals surface area contributed by atoms with Gasteiger partial charge in [0.15, 0.2) is 12.4 Å². The van der Waals surface area contributed by atoms with E-state index in [1.54, 1.807) is 12.1 Å². The third-order valence-corrected chi connectivity index (χ3v) is 4.28. The Morgan fingerprint density at radius 3 is 2.50 bits per heavy atom. The molecule has 1 heterocycles. The van der Waals surface area contributed by atoms with Gasteiger partial charge in [-0.1, -0.05) is 29.8 Å². The van der Waals surface area contributed by atoms with E-state index < -0.39 is 10.9 Å². The summed E-state index contributed by atoms with van der Waals surface area (Å²) in [5.41, 5.74) is 11.8. The van der Waals surface area contributed by atoms with Crippen molar-refractivity contribution in [2.45, 2.75) is 13.2 Å². The highest BCUT2D eigenvalue weighted by Crippen LogP contribution is 2.25. The van der Waals surface area contributed by atoms with Crippen LogP contribution in [0.4, 0.5) is 23.3 Å². The summed E-state index contributed by atoms with van der Waals surface area (Å²) in [7, 11) is 0. The molecule has 0 aliphatic heterocycles. The maximum Gasteiger partial charge on any atom is 0.340 e. The first-order valence-corrected chi connectivity index (χ1v) is 8.90. The number of aromatic nitrogens is 3. The van der Waals surface area contributed by atoms with Crippen LogP contribution in [0.2, 0.25) is 5.02 Å². The van der Waals surface area contributed by atoms with E-state index in [-0.39, 0.29) is 42.1 Å². The fraction of sp³-hybridized carbons (Fsp3) is 0.111. The molecule has 30 heavy (non-hydrogen) atoms. The van der Waals surface area contributed by atoms with Crippen molar-refractivity contribution in [3.8, 4) is 0 Å². The zero-order valence-corrected chi connectivity index (χ0v) is 16.2. The Labute approximate surface area is 175 Å². The molecule has 3 aromatic rings. The van der Waals surface area contributed by atoms with Crippen LogP contribution >= 0.6 is 11.6 Å². The minimum atomic E-state index is -0.821. The summed E-state index contributed by atoms with van der Waals surface area (Å²) < 4.78 is 5.18. The third-order valence-electron chi connectivity index (χ3n) is 3.91. The number of nitrogen functional groups attached to an aromatic ring is 2. The van der Waals surface area contributed by atoms with Gasteiger partial charge in [0.1, 0.15) is 0 Å². The van der Waals surface area contributed by atoms with Crippen molar-refractivity contribution in [2.24, 2.45) is 0 Å². The number of nitro benzene ring substituents is 1. The summed E-state index contributed by atoms with van der Waals surface area (Å²) in [5, 5.41) is 14.7. The third kappa shape index (κ3) is 5.08. The van der Waals surface area contributed by atoms with Gasteiger partial charge in [0.2, 0.25) is 11.9 Å². The molecule has 1 aromatic heterocycles. The molecule has 0 aliphatic carbocycles. The number of benzene rings is 2. The zero-order valence-electron chi connectivity index (χ0n) is 15.4. The van der Waals surface area contributed by atoms with Crippen molar-refractivity contribution in [1.29, 1.82) is 0 Å². The van der Waals surface area contributed by atoms with E-state index in [1.165, 1.54) is 12.1 Å². The Kier molecular flexibility index (Phi) is 6.23. The Morgan fingerprint density at radius 1 is 1.13 bits per heavy atom. The predicted octanol–water partition coefficient (Wildman–Crippen LogP) is 2.57. The number of halogens is 1. The summed E-state index contributed by atoms with van der Waals surface area (Å²) in [5.74, 6) is -1.01. The Balaban J connectivity index is 1.81. The van der Waals surface area contributed by atoms with E-state index >= 15 is 0 Å². The molecule has 0 unspecified atom stereocenters. The lowest BCUT2D eigenvalue weighted by Crippen LogP contribution is -2.13. The van der Waals surface area contributed by atoms with Crippen LogP contribution in [0.3, 0.4) is 0 Å². The van der Waals surface area contributed by atoms with E-state index in [0.29, 0.717) is 10.7 Å². The maximum atomic E-state index is 12.6. The number of anilines is 3. The van der Waals surface area contributed by atoms with E-state index in [2.05, 4.69) is 20.3 Å². The number of nitrogens with two attached hydrogens (primary N) is 2. The Hall–Kier alpha value is -3.99. The number of carbonyl (C=O) groups excluding carboxylic acids is 1. The zero-order chi connectivity index (χ0) is 21.7.